The first-order valence-electron chi connectivity index (χ1n) is 5.71. The van der Waals surface area contributed by atoms with E-state index in [1.54, 1.807) is 4.90 Å². The van der Waals surface area contributed by atoms with E-state index in [2.05, 4.69) is 0 Å². The first-order valence-corrected chi connectivity index (χ1v) is 5.71. The number of hydrogen-bond donors (Lipinski definition) is 1. The summed E-state index contributed by atoms with van der Waals surface area (Å²) in [6.07, 6.45) is 5.31. The second-order valence-corrected chi connectivity index (χ2v) is 4.58. The monoisotopic (exact) mass is 211 g/mol. The average molecular weight is 211 g/mol. The number of carboxylic acids is 1. The van der Waals surface area contributed by atoms with Gasteiger partial charge in [0.05, 0.1) is 0 Å². The average Bonchev–Trinajstić information content (AvgIpc) is 3.01. The van der Waals surface area contributed by atoms with Gasteiger partial charge in [-0.25, -0.2) is 4.79 Å². The molecule has 0 radical (unpaired) electrons. The van der Waals surface area contributed by atoms with Crippen LogP contribution < -0.4 is 0 Å². The van der Waals surface area contributed by atoms with Crippen molar-refractivity contribution in [2.24, 2.45) is 5.92 Å². The summed E-state index contributed by atoms with van der Waals surface area (Å²) in [5.74, 6) is -0.266. The molecule has 1 aliphatic carbocycles. The van der Waals surface area contributed by atoms with Crippen molar-refractivity contribution in [2.45, 2.75) is 44.6 Å². The molecule has 0 aromatic rings. The van der Waals surface area contributed by atoms with Gasteiger partial charge in [0.15, 0.2) is 0 Å². The molecule has 1 amide bonds. The number of rotatable bonds is 3. The fourth-order valence-electron chi connectivity index (χ4n) is 2.17. The lowest BCUT2D eigenvalue weighted by Crippen LogP contribution is -2.48. The highest BCUT2D eigenvalue weighted by molar-refractivity contribution is 5.84. The fourth-order valence-corrected chi connectivity index (χ4v) is 2.17. The molecule has 4 heteroatoms. The predicted molar refractivity (Wildman–Crippen MR) is 54.3 cm³/mol. The Morgan fingerprint density at radius 2 is 1.93 bits per heavy atom. The van der Waals surface area contributed by atoms with E-state index < -0.39 is 12.0 Å². The highest BCUT2D eigenvalue weighted by atomic mass is 16.4. The van der Waals surface area contributed by atoms with Crippen LogP contribution in [0.4, 0.5) is 0 Å². The van der Waals surface area contributed by atoms with E-state index in [0.717, 1.165) is 25.7 Å². The lowest BCUT2D eigenvalue weighted by atomic mass is 10.0. The van der Waals surface area contributed by atoms with Gasteiger partial charge in [-0.15, -0.1) is 0 Å². The number of carbonyl (C=O) groups is 2. The number of likely N-dealkylation sites (tertiary alicyclic amines) is 1. The fraction of sp³-hybridized carbons (Fsp3) is 0.818. The number of carbonyl (C=O) groups excluding carboxylic acids is 1. The van der Waals surface area contributed by atoms with Crippen LogP contribution in [0.3, 0.4) is 0 Å². The molecule has 1 N–H and O–H groups in total. The van der Waals surface area contributed by atoms with Crippen molar-refractivity contribution in [3.8, 4) is 0 Å². The summed E-state index contributed by atoms with van der Waals surface area (Å²) in [6, 6.07) is -0.565. The predicted octanol–water partition coefficient (Wildman–Crippen LogP) is 1.25. The van der Waals surface area contributed by atoms with E-state index in [-0.39, 0.29) is 5.91 Å². The molecule has 2 rings (SSSR count). The summed E-state index contributed by atoms with van der Waals surface area (Å²) < 4.78 is 0. The maximum atomic E-state index is 11.8. The van der Waals surface area contributed by atoms with Crippen LogP contribution in [0.25, 0.3) is 0 Å². The van der Waals surface area contributed by atoms with Crippen LogP contribution in [-0.2, 0) is 9.59 Å². The van der Waals surface area contributed by atoms with Gasteiger partial charge in [0, 0.05) is 13.0 Å². The van der Waals surface area contributed by atoms with E-state index in [0.29, 0.717) is 25.3 Å². The van der Waals surface area contributed by atoms with Gasteiger partial charge in [0.2, 0.25) is 5.91 Å². The summed E-state index contributed by atoms with van der Waals surface area (Å²) in [7, 11) is 0. The van der Waals surface area contributed by atoms with Crippen molar-refractivity contribution < 1.29 is 14.7 Å². The molecule has 1 saturated carbocycles. The van der Waals surface area contributed by atoms with Crippen molar-refractivity contribution in [1.29, 1.82) is 0 Å². The summed E-state index contributed by atoms with van der Waals surface area (Å²) in [6.45, 7) is 0.628. The molecular formula is C11H17NO3. The quantitative estimate of drug-likeness (QED) is 0.764. The van der Waals surface area contributed by atoms with Crippen molar-refractivity contribution in [2.75, 3.05) is 6.54 Å². The van der Waals surface area contributed by atoms with Gasteiger partial charge in [-0.2, -0.15) is 0 Å². The summed E-state index contributed by atoms with van der Waals surface area (Å²) in [5, 5.41) is 9.01. The van der Waals surface area contributed by atoms with Gasteiger partial charge in [0.1, 0.15) is 6.04 Å². The zero-order chi connectivity index (χ0) is 10.8. The van der Waals surface area contributed by atoms with E-state index in [1.807, 2.05) is 0 Å². The second-order valence-electron chi connectivity index (χ2n) is 4.58. The molecule has 1 unspecified atom stereocenters. The molecule has 2 fully saturated rings. The molecule has 1 aliphatic heterocycles. The first-order chi connectivity index (χ1) is 7.18. The minimum Gasteiger partial charge on any atom is -0.480 e. The van der Waals surface area contributed by atoms with E-state index in [1.165, 1.54) is 0 Å². The smallest absolute Gasteiger partial charge is 0.326 e. The molecular weight excluding hydrogens is 194 g/mol. The normalized spacial score (nSPS) is 26.4. The third kappa shape index (κ3) is 2.49. The van der Waals surface area contributed by atoms with Crippen LogP contribution in [0.1, 0.15) is 38.5 Å². The Morgan fingerprint density at radius 1 is 1.20 bits per heavy atom. The van der Waals surface area contributed by atoms with Gasteiger partial charge in [-0.3, -0.25) is 4.79 Å². The number of carboxylic acid groups (broad SMARTS) is 1. The number of piperidine rings is 1. The maximum Gasteiger partial charge on any atom is 0.326 e. The van der Waals surface area contributed by atoms with Crippen molar-refractivity contribution in [1.82, 2.24) is 4.90 Å². The van der Waals surface area contributed by atoms with Gasteiger partial charge in [0.25, 0.3) is 0 Å². The van der Waals surface area contributed by atoms with Crippen LogP contribution in [0.2, 0.25) is 0 Å². The third-order valence-electron chi connectivity index (χ3n) is 3.27. The highest BCUT2D eigenvalue weighted by Gasteiger charge is 2.34. The Morgan fingerprint density at radius 3 is 2.53 bits per heavy atom. The van der Waals surface area contributed by atoms with Gasteiger partial charge < -0.3 is 10.0 Å². The summed E-state index contributed by atoms with van der Waals surface area (Å²) >= 11 is 0. The largest absolute Gasteiger partial charge is 0.480 e. The Balaban J connectivity index is 1.96. The third-order valence-corrected chi connectivity index (χ3v) is 3.27. The maximum absolute atomic E-state index is 11.8. The van der Waals surface area contributed by atoms with Gasteiger partial charge in [-0.1, -0.05) is 0 Å². The molecule has 2 aliphatic rings. The summed E-state index contributed by atoms with van der Waals surface area (Å²) in [4.78, 5) is 24.4. The number of amides is 1. The zero-order valence-electron chi connectivity index (χ0n) is 8.82. The lowest BCUT2D eigenvalue weighted by Gasteiger charge is -2.33. The van der Waals surface area contributed by atoms with Crippen molar-refractivity contribution in [3.05, 3.63) is 0 Å². The number of nitrogens with zero attached hydrogens (tertiary/aromatic N) is 1. The molecule has 1 atom stereocenters. The molecule has 0 aromatic carbocycles. The SMILES string of the molecule is O=C(O)C1CCCCN1C(=O)CC1CC1. The molecule has 0 spiro atoms. The molecule has 15 heavy (non-hydrogen) atoms. The number of hydrogen-bond acceptors (Lipinski definition) is 2. The second kappa shape index (κ2) is 4.21. The van der Waals surface area contributed by atoms with Crippen LogP contribution >= 0.6 is 0 Å². The van der Waals surface area contributed by atoms with Crippen LogP contribution in [0.15, 0.2) is 0 Å². The lowest BCUT2D eigenvalue weighted by molar-refractivity contribution is -0.152. The minimum absolute atomic E-state index is 0.0459. The minimum atomic E-state index is -0.848. The molecule has 0 aromatic heterocycles. The molecule has 0 bridgehead atoms. The van der Waals surface area contributed by atoms with E-state index in [9.17, 15) is 9.59 Å². The first kappa shape index (κ1) is 10.5. The Kier molecular flexibility index (Phi) is 2.93. The zero-order valence-corrected chi connectivity index (χ0v) is 8.82. The summed E-state index contributed by atoms with van der Waals surface area (Å²) in [5.41, 5.74) is 0. The van der Waals surface area contributed by atoms with E-state index >= 15 is 0 Å². The van der Waals surface area contributed by atoms with Crippen LogP contribution in [0, 0.1) is 5.92 Å². The molecule has 4 nitrogen and oxygen atoms in total. The van der Waals surface area contributed by atoms with Gasteiger partial charge in [-0.05, 0) is 38.0 Å². The van der Waals surface area contributed by atoms with Crippen molar-refractivity contribution >= 4 is 11.9 Å². The topological polar surface area (TPSA) is 57.6 Å². The van der Waals surface area contributed by atoms with Crippen LogP contribution in [0.5, 0.6) is 0 Å². The molecule has 1 saturated heterocycles. The molecule has 84 valence electrons. The Hall–Kier alpha value is -1.06. The number of aliphatic carboxylic acids is 1. The highest BCUT2D eigenvalue weighted by Crippen LogP contribution is 2.33. The van der Waals surface area contributed by atoms with Gasteiger partial charge >= 0.3 is 5.97 Å². The Bertz CT molecular complexity index is 273. The molecule has 1 heterocycles. The standard InChI is InChI=1S/C11H17NO3/c13-10(7-8-4-5-8)12-6-2-1-3-9(12)11(14)15/h8-9H,1-7H2,(H,14,15). The van der Waals surface area contributed by atoms with Crippen LogP contribution in [-0.4, -0.2) is 34.5 Å². The van der Waals surface area contributed by atoms with Crippen molar-refractivity contribution in [3.63, 3.8) is 0 Å². The van der Waals surface area contributed by atoms with E-state index in [4.69, 9.17) is 5.11 Å². The Labute approximate surface area is 89.3 Å².